The van der Waals surface area contributed by atoms with Gasteiger partial charge in [-0.3, -0.25) is 29.0 Å². The van der Waals surface area contributed by atoms with Crippen LogP contribution in [0.25, 0.3) is 0 Å². The minimum Gasteiger partial charge on any atom is -0.510 e. The molecule has 5 aliphatic rings. The number of ketones is 3. The number of nitrogens with one attached hydrogen (secondary N) is 1. The van der Waals surface area contributed by atoms with E-state index in [1.807, 2.05) is 4.90 Å². The second-order valence-corrected chi connectivity index (χ2v) is 15.6. The fourth-order valence-corrected chi connectivity index (χ4v) is 10.5. The van der Waals surface area contributed by atoms with Crippen LogP contribution in [0.5, 0.6) is 5.75 Å². The van der Waals surface area contributed by atoms with Crippen LogP contribution in [0.2, 0.25) is 0 Å². The Labute approximate surface area is 285 Å². The maximum atomic E-state index is 14.5. The number of thioether (sulfide) groups is 1. The van der Waals surface area contributed by atoms with Crippen molar-refractivity contribution in [2.75, 3.05) is 39.6 Å². The summed E-state index contributed by atoms with van der Waals surface area (Å²) in [6.45, 7) is 3.39. The number of allylic oxidation sites excluding steroid dienone is 1. The van der Waals surface area contributed by atoms with Crippen LogP contribution < -0.4 is 5.32 Å². The van der Waals surface area contributed by atoms with Crippen molar-refractivity contribution in [1.29, 1.82) is 0 Å². The van der Waals surface area contributed by atoms with Crippen molar-refractivity contribution in [2.45, 2.75) is 81.1 Å². The minimum atomic E-state index is -2.80. The van der Waals surface area contributed by atoms with Crippen molar-refractivity contribution in [3.63, 3.8) is 0 Å². The molecule has 6 atom stereocenters. The van der Waals surface area contributed by atoms with Gasteiger partial charge in [-0.15, -0.1) is 0 Å². The highest BCUT2D eigenvalue weighted by atomic mass is 32.2. The third-order valence-electron chi connectivity index (χ3n) is 11.3. The smallest absolute Gasteiger partial charge is 0.259 e. The number of Topliss-reactive ketones (excluding diaryl/α,β-unsaturated/α-hetero) is 3. The molecule has 1 saturated heterocycles. The Kier molecular flexibility index (Phi) is 9.83. The zero-order valence-electron chi connectivity index (χ0n) is 27.9. The second kappa shape index (κ2) is 13.6. The number of carbonyl (C=O) groups is 4. The van der Waals surface area contributed by atoms with E-state index in [1.54, 1.807) is 49.8 Å². The normalized spacial score (nSPS) is 30.9. The van der Waals surface area contributed by atoms with Crippen LogP contribution in [0.3, 0.4) is 0 Å². The molecule has 4 aliphatic carbocycles. The summed E-state index contributed by atoms with van der Waals surface area (Å²) >= 11 is 1.76. The number of fused-ring (bicyclic) bond motifs is 3. The monoisotopic (exact) mass is 681 g/mol. The molecule has 0 unspecified atom stereocenters. The van der Waals surface area contributed by atoms with Crippen molar-refractivity contribution in [3.05, 3.63) is 52.0 Å². The van der Waals surface area contributed by atoms with E-state index in [0.29, 0.717) is 16.6 Å². The average Bonchev–Trinajstić information content (AvgIpc) is 3.78. The number of aliphatic hydroxyl groups excluding tert-OH is 2. The van der Waals surface area contributed by atoms with Gasteiger partial charge in [-0.25, -0.2) is 0 Å². The molecule has 6 rings (SSSR count). The van der Waals surface area contributed by atoms with E-state index < -0.39 is 69.9 Å². The largest absolute Gasteiger partial charge is 0.510 e. The lowest BCUT2D eigenvalue weighted by Crippen LogP contribution is -2.67. The minimum absolute atomic E-state index is 0.00401. The van der Waals surface area contributed by atoms with E-state index in [1.165, 1.54) is 6.07 Å². The molecule has 0 bridgehead atoms. The molecule has 48 heavy (non-hydrogen) atoms. The first-order valence-electron chi connectivity index (χ1n) is 17.2. The number of hydrogen-bond acceptors (Lipinski definition) is 11. The first kappa shape index (κ1) is 34.7. The summed E-state index contributed by atoms with van der Waals surface area (Å²) in [4.78, 5) is 59.5. The molecule has 1 heterocycles. The summed E-state index contributed by atoms with van der Waals surface area (Å²) in [7, 11) is 3.28. The Balaban J connectivity index is 1.53. The number of carbonyl (C=O) groups excluding carboxylic acids is 4. The molecule has 11 nitrogen and oxygen atoms in total. The predicted octanol–water partition coefficient (Wildman–Crippen LogP) is 3.62. The van der Waals surface area contributed by atoms with E-state index in [0.717, 1.165) is 51.6 Å². The van der Waals surface area contributed by atoms with E-state index in [9.17, 15) is 39.6 Å². The molecule has 1 aliphatic heterocycles. The number of amides is 1. The van der Waals surface area contributed by atoms with Crippen LogP contribution in [-0.4, -0.2) is 110 Å². The summed E-state index contributed by atoms with van der Waals surface area (Å²) < 4.78 is 0. The Morgan fingerprint density at radius 2 is 1.75 bits per heavy atom. The van der Waals surface area contributed by atoms with Crippen molar-refractivity contribution in [2.24, 2.45) is 17.8 Å². The summed E-state index contributed by atoms with van der Waals surface area (Å²) in [6.07, 6.45) is 6.35. The second-order valence-electron chi connectivity index (χ2n) is 14.2. The molecule has 1 amide bonds. The molecule has 0 spiro atoms. The molecule has 1 saturated carbocycles. The molecule has 12 heteroatoms. The lowest BCUT2D eigenvalue weighted by atomic mass is 9.51. The fourth-order valence-electron chi connectivity index (χ4n) is 8.96. The Morgan fingerprint density at radius 3 is 2.40 bits per heavy atom. The maximum absolute atomic E-state index is 14.5. The third kappa shape index (κ3) is 5.68. The first-order valence-corrected chi connectivity index (χ1v) is 18.3. The van der Waals surface area contributed by atoms with Crippen molar-refractivity contribution in [1.82, 2.24) is 15.1 Å². The molecule has 5 N–H and O–H groups in total. The molecule has 260 valence electrons. The Morgan fingerprint density at radius 1 is 1.06 bits per heavy atom. The average molecular weight is 682 g/mol. The van der Waals surface area contributed by atoms with E-state index in [4.69, 9.17) is 0 Å². The SMILES string of the molecule is CCC(=O)C[C@H]1[C@H]2C(=C(O)[C@]3(O)C(=O)C(C(=O)NCN4CCCC4)=C(O)[C@@H](N(C)C)[C@H]13)C(=O)c1c(O)cccc1[C@@H]2CSC1CCCC1. The van der Waals surface area contributed by atoms with Crippen molar-refractivity contribution < 1.29 is 39.6 Å². The molecule has 2 fully saturated rings. The highest BCUT2D eigenvalue weighted by Crippen LogP contribution is 2.59. The van der Waals surface area contributed by atoms with Gasteiger partial charge >= 0.3 is 0 Å². The molecule has 0 radical (unpaired) electrons. The lowest BCUT2D eigenvalue weighted by Gasteiger charge is -2.55. The number of benzene rings is 1. The van der Waals surface area contributed by atoms with Crippen LogP contribution in [0.4, 0.5) is 0 Å². The van der Waals surface area contributed by atoms with E-state index in [2.05, 4.69) is 5.32 Å². The van der Waals surface area contributed by atoms with Crippen molar-refractivity contribution in [3.8, 4) is 5.75 Å². The van der Waals surface area contributed by atoms with Gasteiger partial charge in [0.05, 0.1) is 18.3 Å². The van der Waals surface area contributed by atoms with E-state index >= 15 is 0 Å². The van der Waals surface area contributed by atoms with Crippen LogP contribution in [-0.2, 0) is 14.4 Å². The zero-order chi connectivity index (χ0) is 34.5. The molecular weight excluding hydrogens is 634 g/mol. The molecular formula is C36H47N3O8S. The predicted molar refractivity (Wildman–Crippen MR) is 181 cm³/mol. The zero-order valence-corrected chi connectivity index (χ0v) is 28.7. The summed E-state index contributed by atoms with van der Waals surface area (Å²) in [5, 5.41) is 50.7. The maximum Gasteiger partial charge on any atom is 0.259 e. The van der Waals surface area contributed by atoms with Gasteiger partial charge in [-0.2, -0.15) is 11.8 Å². The van der Waals surface area contributed by atoms with Gasteiger partial charge in [-0.05, 0) is 70.4 Å². The first-order chi connectivity index (χ1) is 22.9. The van der Waals surface area contributed by atoms with Crippen LogP contribution in [0, 0.1) is 17.8 Å². The summed E-state index contributed by atoms with van der Waals surface area (Å²) in [5.41, 5.74) is -3.09. The van der Waals surface area contributed by atoms with Gasteiger partial charge in [0.15, 0.2) is 11.4 Å². The number of hydrogen-bond donors (Lipinski definition) is 5. The highest BCUT2D eigenvalue weighted by molar-refractivity contribution is 7.99. The van der Waals surface area contributed by atoms with Gasteiger partial charge in [-0.1, -0.05) is 31.9 Å². The number of phenolic OH excluding ortho intramolecular Hbond substituents is 1. The number of likely N-dealkylation sites (N-methyl/N-ethyl adjacent to an activating group) is 1. The van der Waals surface area contributed by atoms with Crippen LogP contribution in [0.1, 0.15) is 80.1 Å². The Hall–Kier alpha value is -3.19. The molecule has 1 aromatic rings. The topological polar surface area (TPSA) is 168 Å². The Bertz CT molecular complexity index is 1560. The van der Waals surface area contributed by atoms with Crippen LogP contribution >= 0.6 is 11.8 Å². The van der Waals surface area contributed by atoms with Gasteiger partial charge in [0.2, 0.25) is 5.78 Å². The van der Waals surface area contributed by atoms with Gasteiger partial charge in [0.25, 0.3) is 5.91 Å². The van der Waals surface area contributed by atoms with E-state index in [-0.39, 0.29) is 42.2 Å². The van der Waals surface area contributed by atoms with Gasteiger partial charge in [0.1, 0.15) is 28.6 Å². The number of rotatable bonds is 10. The summed E-state index contributed by atoms with van der Waals surface area (Å²) in [6, 6.07) is 3.70. The summed E-state index contributed by atoms with van der Waals surface area (Å²) in [5.74, 6) is -7.59. The number of phenols is 1. The molecule has 1 aromatic carbocycles. The number of aromatic hydroxyl groups is 1. The lowest BCUT2D eigenvalue weighted by molar-refractivity contribution is -0.156. The quantitative estimate of drug-likeness (QED) is 0.229. The number of nitrogens with zero attached hydrogens (tertiary/aromatic N) is 2. The number of aliphatic hydroxyl groups is 3. The molecule has 0 aromatic heterocycles. The number of likely N-dealkylation sites (tertiary alicyclic amines) is 1. The fraction of sp³-hybridized carbons (Fsp3) is 0.611. The van der Waals surface area contributed by atoms with Gasteiger partial charge < -0.3 is 25.7 Å². The third-order valence-corrected chi connectivity index (χ3v) is 12.8. The van der Waals surface area contributed by atoms with Crippen molar-refractivity contribution >= 4 is 35.0 Å². The highest BCUT2D eigenvalue weighted by Gasteiger charge is 2.67. The van der Waals surface area contributed by atoms with Gasteiger partial charge in [0, 0.05) is 47.2 Å². The standard InChI is InChI=1S/C36H47N3O8S/c1-4-19(40)16-22-25-23(17-48-20-10-5-6-11-20)21-12-9-13-24(41)26(21)31(42)27(25)33(44)36(47)29(22)30(38(2)3)32(43)28(34(36)45)35(46)37-18-39-14-7-8-15-39/h9,12-13,20,22-23,25,29-30,41,43-44,47H,4-8,10-11,14-18H2,1-3H3,(H,37,46)/t22-,23-,25+,29-,30-,36-/m0/s1. The van der Waals surface area contributed by atoms with Crippen LogP contribution in [0.15, 0.2) is 40.9 Å².